The van der Waals surface area contributed by atoms with E-state index in [-0.39, 0.29) is 5.91 Å². The molecule has 2 aromatic heterocycles. The van der Waals surface area contributed by atoms with Gasteiger partial charge in [-0.1, -0.05) is 11.8 Å². The third-order valence-electron chi connectivity index (χ3n) is 4.07. The van der Waals surface area contributed by atoms with Crippen molar-refractivity contribution in [3.8, 4) is 0 Å². The van der Waals surface area contributed by atoms with Crippen molar-refractivity contribution in [2.45, 2.75) is 23.9 Å². The summed E-state index contributed by atoms with van der Waals surface area (Å²) >= 11 is 1.44. The van der Waals surface area contributed by atoms with Gasteiger partial charge in [-0.3, -0.25) is 4.79 Å². The van der Waals surface area contributed by atoms with E-state index in [1.807, 2.05) is 36.0 Å². The van der Waals surface area contributed by atoms with Gasteiger partial charge in [-0.05, 0) is 12.8 Å². The number of imidazole rings is 1. The molecule has 1 fully saturated rings. The van der Waals surface area contributed by atoms with E-state index in [0.29, 0.717) is 11.7 Å². The summed E-state index contributed by atoms with van der Waals surface area (Å²) in [6, 6.07) is 0. The number of thioether (sulfide) groups is 1. The molecule has 1 saturated heterocycles. The van der Waals surface area contributed by atoms with Crippen molar-refractivity contribution < 1.29 is 4.79 Å². The van der Waals surface area contributed by atoms with Crippen LogP contribution in [0.25, 0.3) is 0 Å². The predicted molar refractivity (Wildman–Crippen MR) is 83.5 cm³/mol. The molecule has 0 aliphatic carbocycles. The predicted octanol–water partition coefficient (Wildman–Crippen LogP) is 1.05. The third-order valence-corrected chi connectivity index (χ3v) is 5.08. The zero-order chi connectivity index (χ0) is 15.5. The third kappa shape index (κ3) is 3.16. The molecule has 1 amide bonds. The maximum Gasteiger partial charge on any atom is 0.233 e. The summed E-state index contributed by atoms with van der Waals surface area (Å²) in [6.45, 7) is 1.60. The first-order valence-corrected chi connectivity index (χ1v) is 8.35. The standard InChI is InChI=1S/C14H20N6OS/c1-18-8-5-15-13(18)11-3-6-20(7-4-11)12(21)9-22-14-17-16-10-19(14)2/h5,8,10-11H,3-4,6-7,9H2,1-2H3. The molecule has 0 unspecified atom stereocenters. The Hall–Kier alpha value is -1.83. The van der Waals surface area contributed by atoms with Gasteiger partial charge >= 0.3 is 0 Å². The topological polar surface area (TPSA) is 68.8 Å². The Kier molecular flexibility index (Phi) is 4.47. The van der Waals surface area contributed by atoms with Crippen LogP contribution < -0.4 is 0 Å². The minimum atomic E-state index is 0.172. The quantitative estimate of drug-likeness (QED) is 0.788. The van der Waals surface area contributed by atoms with Crippen molar-refractivity contribution in [3.63, 3.8) is 0 Å². The number of carbonyl (C=O) groups is 1. The molecule has 3 rings (SSSR count). The van der Waals surface area contributed by atoms with Crippen LogP contribution in [-0.4, -0.2) is 54.0 Å². The summed E-state index contributed by atoms with van der Waals surface area (Å²) in [7, 11) is 3.91. The van der Waals surface area contributed by atoms with Crippen LogP contribution in [-0.2, 0) is 18.9 Å². The molecule has 1 aliphatic heterocycles. The molecule has 0 spiro atoms. The molecule has 2 aromatic rings. The van der Waals surface area contributed by atoms with Gasteiger partial charge in [-0.2, -0.15) is 0 Å². The molecular formula is C14H20N6OS. The van der Waals surface area contributed by atoms with Crippen molar-refractivity contribution >= 4 is 17.7 Å². The van der Waals surface area contributed by atoms with Gasteiger partial charge in [0.05, 0.1) is 5.75 Å². The molecule has 0 N–H and O–H groups in total. The average Bonchev–Trinajstić information content (AvgIpc) is 3.13. The van der Waals surface area contributed by atoms with Crippen LogP contribution in [0.2, 0.25) is 0 Å². The zero-order valence-corrected chi connectivity index (χ0v) is 13.7. The van der Waals surface area contributed by atoms with Crippen molar-refractivity contribution in [1.29, 1.82) is 0 Å². The lowest BCUT2D eigenvalue weighted by atomic mass is 9.96. The van der Waals surface area contributed by atoms with Crippen LogP contribution in [0.1, 0.15) is 24.6 Å². The fourth-order valence-electron chi connectivity index (χ4n) is 2.78. The van der Waals surface area contributed by atoms with Crippen LogP contribution in [0.15, 0.2) is 23.9 Å². The number of hydrogen-bond acceptors (Lipinski definition) is 5. The van der Waals surface area contributed by atoms with Crippen LogP contribution in [0, 0.1) is 0 Å². The molecular weight excluding hydrogens is 300 g/mol. The molecule has 0 bridgehead atoms. The lowest BCUT2D eigenvalue weighted by Gasteiger charge is -2.31. The number of aryl methyl sites for hydroxylation is 2. The molecule has 118 valence electrons. The summed E-state index contributed by atoms with van der Waals surface area (Å²) in [5.74, 6) is 2.17. The van der Waals surface area contributed by atoms with Crippen molar-refractivity contribution in [2.24, 2.45) is 14.1 Å². The van der Waals surface area contributed by atoms with Gasteiger partial charge in [0.2, 0.25) is 5.91 Å². The van der Waals surface area contributed by atoms with E-state index in [1.165, 1.54) is 11.8 Å². The lowest BCUT2D eigenvalue weighted by Crippen LogP contribution is -2.39. The van der Waals surface area contributed by atoms with Gasteiger partial charge in [-0.15, -0.1) is 10.2 Å². The Bertz CT molecular complexity index is 643. The van der Waals surface area contributed by atoms with E-state index < -0.39 is 0 Å². The van der Waals surface area contributed by atoms with Gasteiger partial charge in [0, 0.05) is 45.5 Å². The summed E-state index contributed by atoms with van der Waals surface area (Å²) < 4.78 is 3.90. The van der Waals surface area contributed by atoms with Gasteiger partial charge < -0.3 is 14.0 Å². The van der Waals surface area contributed by atoms with Crippen molar-refractivity contribution in [1.82, 2.24) is 29.2 Å². The van der Waals surface area contributed by atoms with Gasteiger partial charge in [-0.25, -0.2) is 4.98 Å². The van der Waals surface area contributed by atoms with E-state index in [2.05, 4.69) is 19.7 Å². The van der Waals surface area contributed by atoms with Crippen molar-refractivity contribution in [2.75, 3.05) is 18.8 Å². The normalized spacial score (nSPS) is 16.2. The first-order chi connectivity index (χ1) is 10.6. The second kappa shape index (κ2) is 6.51. The summed E-state index contributed by atoms with van der Waals surface area (Å²) in [6.07, 6.45) is 7.41. The Labute approximate surface area is 133 Å². The average molecular weight is 320 g/mol. The Morgan fingerprint density at radius 3 is 2.68 bits per heavy atom. The number of nitrogens with zero attached hydrogens (tertiary/aromatic N) is 6. The number of piperidine rings is 1. The monoisotopic (exact) mass is 320 g/mol. The number of rotatable bonds is 4. The zero-order valence-electron chi connectivity index (χ0n) is 12.8. The molecule has 8 heteroatoms. The van der Waals surface area contributed by atoms with Crippen LogP contribution in [0.5, 0.6) is 0 Å². The highest BCUT2D eigenvalue weighted by molar-refractivity contribution is 7.99. The fraction of sp³-hybridized carbons (Fsp3) is 0.571. The highest BCUT2D eigenvalue weighted by Crippen LogP contribution is 2.27. The Balaban J connectivity index is 1.50. The molecule has 3 heterocycles. The molecule has 7 nitrogen and oxygen atoms in total. The van der Waals surface area contributed by atoms with Gasteiger partial charge in [0.15, 0.2) is 5.16 Å². The summed E-state index contributed by atoms with van der Waals surface area (Å²) in [4.78, 5) is 18.7. The summed E-state index contributed by atoms with van der Waals surface area (Å²) in [5.41, 5.74) is 0. The highest BCUT2D eigenvalue weighted by atomic mass is 32.2. The number of hydrogen-bond donors (Lipinski definition) is 0. The second-order valence-electron chi connectivity index (χ2n) is 5.56. The molecule has 0 atom stereocenters. The van der Waals surface area contributed by atoms with Crippen LogP contribution in [0.3, 0.4) is 0 Å². The number of likely N-dealkylation sites (tertiary alicyclic amines) is 1. The van der Waals surface area contributed by atoms with E-state index >= 15 is 0 Å². The summed E-state index contributed by atoms with van der Waals surface area (Å²) in [5, 5.41) is 8.57. The van der Waals surface area contributed by atoms with Gasteiger partial charge in [0.1, 0.15) is 12.2 Å². The molecule has 0 aromatic carbocycles. The molecule has 0 radical (unpaired) electrons. The lowest BCUT2D eigenvalue weighted by molar-refractivity contribution is -0.129. The van der Waals surface area contributed by atoms with E-state index in [4.69, 9.17) is 0 Å². The number of aromatic nitrogens is 5. The number of amides is 1. The largest absolute Gasteiger partial charge is 0.342 e. The minimum absolute atomic E-state index is 0.172. The Morgan fingerprint density at radius 2 is 2.09 bits per heavy atom. The number of carbonyl (C=O) groups excluding carboxylic acids is 1. The maximum absolute atomic E-state index is 12.3. The van der Waals surface area contributed by atoms with E-state index in [0.717, 1.165) is 36.9 Å². The molecule has 22 heavy (non-hydrogen) atoms. The first-order valence-electron chi connectivity index (χ1n) is 7.37. The first kappa shape index (κ1) is 15.1. The maximum atomic E-state index is 12.3. The SMILES string of the molecule is Cn1cnnc1SCC(=O)N1CCC(c2nccn2C)CC1. The molecule has 1 aliphatic rings. The van der Waals surface area contributed by atoms with Crippen LogP contribution in [0.4, 0.5) is 0 Å². The minimum Gasteiger partial charge on any atom is -0.342 e. The highest BCUT2D eigenvalue weighted by Gasteiger charge is 2.26. The Morgan fingerprint density at radius 1 is 1.32 bits per heavy atom. The fourth-order valence-corrected chi connectivity index (χ4v) is 3.57. The molecule has 0 saturated carbocycles. The van der Waals surface area contributed by atoms with E-state index in [9.17, 15) is 4.79 Å². The van der Waals surface area contributed by atoms with Crippen LogP contribution >= 0.6 is 11.8 Å². The second-order valence-corrected chi connectivity index (χ2v) is 6.51. The van der Waals surface area contributed by atoms with E-state index in [1.54, 1.807) is 6.33 Å². The van der Waals surface area contributed by atoms with Gasteiger partial charge in [0.25, 0.3) is 0 Å². The smallest absolute Gasteiger partial charge is 0.233 e. The van der Waals surface area contributed by atoms with Crippen molar-refractivity contribution in [3.05, 3.63) is 24.5 Å².